The van der Waals surface area contributed by atoms with Gasteiger partial charge in [0.2, 0.25) is 0 Å². The van der Waals surface area contributed by atoms with E-state index in [0.29, 0.717) is 33.8 Å². The largest absolute Gasteiger partial charge is 0.508 e. The highest BCUT2D eigenvalue weighted by molar-refractivity contribution is 7.99. The van der Waals surface area contributed by atoms with Gasteiger partial charge in [-0.15, -0.1) is 23.1 Å². The van der Waals surface area contributed by atoms with Crippen molar-refractivity contribution in [1.82, 2.24) is 4.31 Å². The van der Waals surface area contributed by atoms with E-state index in [-0.39, 0.29) is 0 Å². The second kappa shape index (κ2) is 10.6. The lowest BCUT2D eigenvalue weighted by atomic mass is 10.1. The molecule has 168 valence electrons. The Kier molecular flexibility index (Phi) is 8.32. The first-order valence-electron chi connectivity index (χ1n) is 10.4. The van der Waals surface area contributed by atoms with Crippen LogP contribution in [0.2, 0.25) is 5.02 Å². The van der Waals surface area contributed by atoms with Gasteiger partial charge in [-0.1, -0.05) is 31.9 Å². The summed E-state index contributed by atoms with van der Waals surface area (Å²) < 4.78 is 29.9. The number of aromatic hydroxyl groups is 1. The second-order valence-corrected chi connectivity index (χ2v) is 12.2. The molecule has 0 atom stereocenters. The molecule has 0 saturated carbocycles. The number of hydrogen-bond donors (Lipinski definition) is 1. The Morgan fingerprint density at radius 2 is 1.87 bits per heavy atom. The third kappa shape index (κ3) is 5.57. The molecule has 4 nitrogen and oxygen atoms in total. The molecule has 0 aliphatic carbocycles. The topological polar surface area (TPSA) is 57.6 Å². The van der Waals surface area contributed by atoms with Crippen LogP contribution in [0.5, 0.6) is 5.75 Å². The van der Waals surface area contributed by atoms with Crippen LogP contribution in [0.15, 0.2) is 45.5 Å². The van der Waals surface area contributed by atoms with Gasteiger partial charge in [-0.25, -0.2) is 8.42 Å². The van der Waals surface area contributed by atoms with E-state index in [0.717, 1.165) is 45.4 Å². The van der Waals surface area contributed by atoms with Crippen molar-refractivity contribution >= 4 is 54.8 Å². The maximum atomic E-state index is 13.5. The Morgan fingerprint density at radius 1 is 1.10 bits per heavy atom. The van der Waals surface area contributed by atoms with Crippen molar-refractivity contribution in [3.63, 3.8) is 0 Å². The SMILES string of the molecule is CCCc1cc(SCCN(CCC)S(=O)(=O)c2sc3ccc(Cl)cc3c2C)ccc1O. The summed E-state index contributed by atoms with van der Waals surface area (Å²) in [5, 5.41) is 11.5. The third-order valence-corrected chi connectivity index (χ3v) is 10.1. The highest BCUT2D eigenvalue weighted by Gasteiger charge is 2.28. The summed E-state index contributed by atoms with van der Waals surface area (Å²) in [4.78, 5) is 1.04. The lowest BCUT2D eigenvalue weighted by molar-refractivity contribution is 0.430. The van der Waals surface area contributed by atoms with Gasteiger partial charge in [-0.3, -0.25) is 0 Å². The standard InChI is InChI=1S/C23H28ClNO3S3/c1-4-6-17-14-19(8-9-21(17)26)29-13-12-25(11-5-2)31(27,28)23-16(3)20-15-18(24)7-10-22(20)30-23/h7-10,14-15,26H,4-6,11-13H2,1-3H3. The molecule has 1 heterocycles. The number of phenols is 1. The van der Waals surface area contributed by atoms with Gasteiger partial charge in [0.1, 0.15) is 9.96 Å². The van der Waals surface area contributed by atoms with Crippen LogP contribution < -0.4 is 0 Å². The first kappa shape index (κ1) is 24.4. The Labute approximate surface area is 198 Å². The van der Waals surface area contributed by atoms with Crippen LogP contribution in [-0.4, -0.2) is 36.7 Å². The molecule has 0 bridgehead atoms. The molecule has 0 unspecified atom stereocenters. The van der Waals surface area contributed by atoms with Gasteiger partial charge >= 0.3 is 0 Å². The van der Waals surface area contributed by atoms with Crippen molar-refractivity contribution in [1.29, 1.82) is 0 Å². The number of phenolic OH excluding ortho intramolecular Hbond substituents is 1. The van der Waals surface area contributed by atoms with Crippen LogP contribution >= 0.6 is 34.7 Å². The molecule has 0 radical (unpaired) electrons. The summed E-state index contributed by atoms with van der Waals surface area (Å²) in [5.41, 5.74) is 1.70. The predicted molar refractivity (Wildman–Crippen MR) is 133 cm³/mol. The zero-order valence-corrected chi connectivity index (χ0v) is 21.2. The molecule has 3 aromatic rings. The molecular formula is C23H28ClNO3S3. The number of fused-ring (bicyclic) bond motifs is 1. The third-order valence-electron chi connectivity index (χ3n) is 5.08. The van der Waals surface area contributed by atoms with Crippen molar-refractivity contribution in [3.8, 4) is 5.75 Å². The molecular weight excluding hydrogens is 470 g/mol. The normalized spacial score (nSPS) is 12.2. The van der Waals surface area contributed by atoms with Gasteiger partial charge in [-0.2, -0.15) is 4.31 Å². The minimum absolute atomic E-state index is 0.321. The van der Waals surface area contributed by atoms with E-state index in [9.17, 15) is 13.5 Å². The first-order valence-corrected chi connectivity index (χ1v) is 14.0. The van der Waals surface area contributed by atoms with Gasteiger partial charge in [0.05, 0.1) is 0 Å². The molecule has 31 heavy (non-hydrogen) atoms. The van der Waals surface area contributed by atoms with Crippen molar-refractivity contribution < 1.29 is 13.5 Å². The van der Waals surface area contributed by atoms with Gasteiger partial charge in [0.15, 0.2) is 0 Å². The van der Waals surface area contributed by atoms with E-state index in [1.807, 2.05) is 38.1 Å². The molecule has 0 saturated heterocycles. The monoisotopic (exact) mass is 497 g/mol. The van der Waals surface area contributed by atoms with Crippen molar-refractivity contribution in [2.45, 2.75) is 49.1 Å². The fourth-order valence-electron chi connectivity index (χ4n) is 3.52. The van der Waals surface area contributed by atoms with E-state index in [4.69, 9.17) is 11.6 Å². The zero-order valence-electron chi connectivity index (χ0n) is 18.0. The van der Waals surface area contributed by atoms with Gasteiger partial charge < -0.3 is 5.11 Å². The predicted octanol–water partition coefficient (Wildman–Crippen LogP) is 6.71. The summed E-state index contributed by atoms with van der Waals surface area (Å²) in [5.74, 6) is 0.965. The number of nitrogens with zero attached hydrogens (tertiary/aromatic N) is 1. The minimum Gasteiger partial charge on any atom is -0.508 e. The van der Waals surface area contributed by atoms with Crippen LogP contribution in [0.1, 0.15) is 37.8 Å². The minimum atomic E-state index is -3.59. The van der Waals surface area contributed by atoms with E-state index in [1.54, 1.807) is 28.2 Å². The molecule has 0 aliphatic heterocycles. The van der Waals surface area contributed by atoms with Crippen LogP contribution in [0.25, 0.3) is 10.1 Å². The maximum absolute atomic E-state index is 13.5. The second-order valence-electron chi connectivity index (χ2n) is 7.45. The molecule has 1 N–H and O–H groups in total. The lowest BCUT2D eigenvalue weighted by Gasteiger charge is -2.21. The Hall–Kier alpha value is -1.25. The number of sulfonamides is 1. The number of hydrogen-bond acceptors (Lipinski definition) is 5. The molecule has 2 aromatic carbocycles. The molecule has 8 heteroatoms. The van der Waals surface area contributed by atoms with Crippen molar-refractivity contribution in [2.75, 3.05) is 18.8 Å². The van der Waals surface area contributed by atoms with Gasteiger partial charge in [0.25, 0.3) is 10.0 Å². The average Bonchev–Trinajstić information content (AvgIpc) is 3.06. The Bertz CT molecular complexity index is 1160. The van der Waals surface area contributed by atoms with E-state index in [1.165, 1.54) is 11.3 Å². The smallest absolute Gasteiger partial charge is 0.252 e. The Balaban J connectivity index is 1.79. The molecule has 0 fully saturated rings. The van der Waals surface area contributed by atoms with Gasteiger partial charge in [0, 0.05) is 33.5 Å². The van der Waals surface area contributed by atoms with Crippen LogP contribution in [0, 0.1) is 6.92 Å². The molecule has 0 spiro atoms. The maximum Gasteiger partial charge on any atom is 0.252 e. The van der Waals surface area contributed by atoms with Crippen molar-refractivity contribution in [2.24, 2.45) is 0 Å². The molecule has 0 aliphatic rings. The van der Waals surface area contributed by atoms with Crippen LogP contribution in [-0.2, 0) is 16.4 Å². The molecule has 0 amide bonds. The number of thiophene rings is 1. The number of halogens is 1. The Morgan fingerprint density at radius 3 is 2.58 bits per heavy atom. The van der Waals surface area contributed by atoms with E-state index < -0.39 is 10.0 Å². The summed E-state index contributed by atoms with van der Waals surface area (Å²) in [6, 6.07) is 11.1. The van der Waals surface area contributed by atoms with E-state index >= 15 is 0 Å². The highest BCUT2D eigenvalue weighted by Crippen LogP contribution is 2.37. The number of benzene rings is 2. The highest BCUT2D eigenvalue weighted by atomic mass is 35.5. The molecule has 1 aromatic heterocycles. The zero-order chi connectivity index (χ0) is 22.6. The summed E-state index contributed by atoms with van der Waals surface area (Å²) in [7, 11) is -3.59. The van der Waals surface area contributed by atoms with Crippen molar-refractivity contribution in [3.05, 3.63) is 52.5 Å². The summed E-state index contributed by atoms with van der Waals surface area (Å²) >= 11 is 9.04. The van der Waals surface area contributed by atoms with E-state index in [2.05, 4.69) is 6.92 Å². The summed E-state index contributed by atoms with van der Waals surface area (Å²) in [6.07, 6.45) is 2.54. The fourth-order valence-corrected chi connectivity index (χ4v) is 8.16. The van der Waals surface area contributed by atoms with Crippen LogP contribution in [0.4, 0.5) is 0 Å². The lowest BCUT2D eigenvalue weighted by Crippen LogP contribution is -2.33. The quantitative estimate of drug-likeness (QED) is 0.316. The number of rotatable bonds is 10. The summed E-state index contributed by atoms with van der Waals surface area (Å²) in [6.45, 7) is 6.83. The average molecular weight is 498 g/mol. The molecule has 3 rings (SSSR count). The van der Waals surface area contributed by atoms with Crippen LogP contribution in [0.3, 0.4) is 0 Å². The number of thioether (sulfide) groups is 1. The van der Waals surface area contributed by atoms with Gasteiger partial charge in [-0.05, 0) is 72.7 Å². The fraction of sp³-hybridized carbons (Fsp3) is 0.391. The number of aryl methyl sites for hydroxylation is 2. The first-order chi connectivity index (χ1) is 14.8.